The van der Waals surface area contributed by atoms with Crippen molar-refractivity contribution in [3.8, 4) is 0 Å². The molecule has 0 radical (unpaired) electrons. The number of nitrogens with zero attached hydrogens (tertiary/aromatic N) is 3. The zero-order valence-corrected chi connectivity index (χ0v) is 10.6. The summed E-state index contributed by atoms with van der Waals surface area (Å²) >= 11 is 0. The Kier molecular flexibility index (Phi) is 3.64. The lowest BCUT2D eigenvalue weighted by Crippen LogP contribution is -2.26. The first-order valence-electron chi connectivity index (χ1n) is 6.05. The van der Waals surface area contributed by atoms with Gasteiger partial charge in [0.05, 0.1) is 6.42 Å². The van der Waals surface area contributed by atoms with Crippen LogP contribution in [0.4, 0.5) is 11.8 Å². The summed E-state index contributed by atoms with van der Waals surface area (Å²) in [6.07, 6.45) is 3.99. The van der Waals surface area contributed by atoms with Gasteiger partial charge in [0.15, 0.2) is 0 Å². The predicted octanol–water partition coefficient (Wildman–Crippen LogP) is 1.21. The lowest BCUT2D eigenvalue weighted by molar-refractivity contribution is -0.137. The van der Waals surface area contributed by atoms with Crippen molar-refractivity contribution in [3.05, 3.63) is 12.3 Å². The topological polar surface area (TPSA) is 78.4 Å². The molecule has 0 amide bonds. The van der Waals surface area contributed by atoms with Gasteiger partial charge in [-0.05, 0) is 24.8 Å². The van der Waals surface area contributed by atoms with Crippen LogP contribution in [0.5, 0.6) is 0 Å². The molecule has 6 nitrogen and oxygen atoms in total. The van der Waals surface area contributed by atoms with Crippen molar-refractivity contribution in [2.75, 3.05) is 24.3 Å². The van der Waals surface area contributed by atoms with Crippen LogP contribution in [0.2, 0.25) is 0 Å². The van der Waals surface area contributed by atoms with Crippen LogP contribution in [-0.2, 0) is 4.79 Å². The number of carbonyl (C=O) groups is 1. The Labute approximate surface area is 106 Å². The van der Waals surface area contributed by atoms with Crippen LogP contribution >= 0.6 is 0 Å². The summed E-state index contributed by atoms with van der Waals surface area (Å²) < 4.78 is 0. The quantitative estimate of drug-likeness (QED) is 0.790. The molecule has 0 bridgehead atoms. The van der Waals surface area contributed by atoms with Crippen LogP contribution in [0.25, 0.3) is 0 Å². The summed E-state index contributed by atoms with van der Waals surface area (Å²) in [6.45, 7) is 0. The Balaban J connectivity index is 2.06. The number of carboxylic acid groups (broad SMARTS) is 1. The van der Waals surface area contributed by atoms with E-state index in [4.69, 9.17) is 5.11 Å². The van der Waals surface area contributed by atoms with Crippen LogP contribution < -0.4 is 10.2 Å². The Morgan fingerprint density at radius 2 is 2.33 bits per heavy atom. The third kappa shape index (κ3) is 3.32. The van der Waals surface area contributed by atoms with E-state index in [0.717, 1.165) is 12.8 Å². The van der Waals surface area contributed by atoms with Gasteiger partial charge in [0.25, 0.3) is 0 Å². The van der Waals surface area contributed by atoms with Gasteiger partial charge in [-0.1, -0.05) is 0 Å². The third-order valence-electron chi connectivity index (χ3n) is 2.96. The maximum atomic E-state index is 10.8. The number of nitrogens with one attached hydrogen (secondary N) is 1. The molecule has 1 heterocycles. The van der Waals surface area contributed by atoms with Crippen LogP contribution in [0.3, 0.4) is 0 Å². The molecule has 2 rings (SSSR count). The molecule has 1 unspecified atom stereocenters. The zero-order valence-electron chi connectivity index (χ0n) is 10.6. The Bertz CT molecular complexity index is 432. The molecule has 1 aromatic rings. The van der Waals surface area contributed by atoms with Gasteiger partial charge in [-0.25, -0.2) is 4.98 Å². The number of hydrogen-bond acceptors (Lipinski definition) is 5. The molecule has 18 heavy (non-hydrogen) atoms. The smallest absolute Gasteiger partial charge is 0.305 e. The Morgan fingerprint density at radius 1 is 1.61 bits per heavy atom. The molecule has 1 saturated carbocycles. The van der Waals surface area contributed by atoms with Gasteiger partial charge in [0, 0.05) is 26.3 Å². The van der Waals surface area contributed by atoms with Crippen molar-refractivity contribution >= 4 is 17.7 Å². The maximum Gasteiger partial charge on any atom is 0.305 e. The third-order valence-corrected chi connectivity index (χ3v) is 2.96. The molecule has 1 aliphatic rings. The van der Waals surface area contributed by atoms with E-state index in [1.807, 2.05) is 19.0 Å². The highest BCUT2D eigenvalue weighted by Gasteiger charge is 2.32. The molecule has 1 fully saturated rings. The van der Waals surface area contributed by atoms with Gasteiger partial charge in [-0.15, -0.1) is 0 Å². The van der Waals surface area contributed by atoms with Gasteiger partial charge in [0.1, 0.15) is 5.82 Å². The fourth-order valence-electron chi connectivity index (χ4n) is 1.86. The van der Waals surface area contributed by atoms with Gasteiger partial charge in [0.2, 0.25) is 5.95 Å². The van der Waals surface area contributed by atoms with Gasteiger partial charge in [-0.2, -0.15) is 4.98 Å². The summed E-state index contributed by atoms with van der Waals surface area (Å²) in [6, 6.07) is 1.73. The summed E-state index contributed by atoms with van der Waals surface area (Å²) in [5.74, 6) is 0.983. The van der Waals surface area contributed by atoms with Crippen molar-refractivity contribution in [3.63, 3.8) is 0 Å². The molecule has 0 aliphatic heterocycles. The van der Waals surface area contributed by atoms with Crippen LogP contribution in [-0.4, -0.2) is 41.2 Å². The van der Waals surface area contributed by atoms with Gasteiger partial charge >= 0.3 is 5.97 Å². The monoisotopic (exact) mass is 250 g/mol. The van der Waals surface area contributed by atoms with E-state index in [9.17, 15) is 4.79 Å². The molecule has 2 N–H and O–H groups in total. The van der Waals surface area contributed by atoms with E-state index in [1.165, 1.54) is 0 Å². The minimum atomic E-state index is -0.777. The summed E-state index contributed by atoms with van der Waals surface area (Å²) in [4.78, 5) is 21.1. The summed E-state index contributed by atoms with van der Waals surface area (Å²) in [5, 5.41) is 12.1. The molecule has 98 valence electrons. The first-order chi connectivity index (χ1) is 8.56. The van der Waals surface area contributed by atoms with Crippen molar-refractivity contribution in [1.82, 2.24) is 9.97 Å². The normalized spacial score (nSPS) is 16.1. The molecule has 1 atom stereocenters. The predicted molar refractivity (Wildman–Crippen MR) is 68.7 cm³/mol. The van der Waals surface area contributed by atoms with E-state index in [0.29, 0.717) is 17.7 Å². The average Bonchev–Trinajstić information content (AvgIpc) is 3.11. The first kappa shape index (κ1) is 12.6. The summed E-state index contributed by atoms with van der Waals surface area (Å²) in [7, 11) is 3.74. The minimum absolute atomic E-state index is 0.0348. The second-order valence-electron chi connectivity index (χ2n) is 4.82. The van der Waals surface area contributed by atoms with Crippen molar-refractivity contribution in [2.24, 2.45) is 5.92 Å². The highest BCUT2D eigenvalue weighted by Crippen LogP contribution is 2.35. The number of hydrogen-bond donors (Lipinski definition) is 2. The highest BCUT2D eigenvalue weighted by molar-refractivity contribution is 5.68. The van der Waals surface area contributed by atoms with E-state index in [-0.39, 0.29) is 12.5 Å². The van der Waals surface area contributed by atoms with E-state index in [2.05, 4.69) is 15.3 Å². The van der Waals surface area contributed by atoms with Gasteiger partial charge < -0.3 is 15.3 Å². The molecule has 1 aromatic heterocycles. The summed E-state index contributed by atoms with van der Waals surface area (Å²) in [5.41, 5.74) is 0. The van der Waals surface area contributed by atoms with E-state index < -0.39 is 5.97 Å². The highest BCUT2D eigenvalue weighted by atomic mass is 16.4. The van der Waals surface area contributed by atoms with Crippen molar-refractivity contribution in [1.29, 1.82) is 0 Å². The van der Waals surface area contributed by atoms with Crippen molar-refractivity contribution < 1.29 is 9.90 Å². The fraction of sp³-hybridized carbons (Fsp3) is 0.583. The second-order valence-corrected chi connectivity index (χ2v) is 4.82. The number of aliphatic carboxylic acids is 1. The lowest BCUT2D eigenvalue weighted by Gasteiger charge is -2.18. The molecule has 0 spiro atoms. The SMILES string of the molecule is CN(C)c1nccc(NC(CC(=O)O)C2CC2)n1. The second kappa shape index (κ2) is 5.20. The molecule has 1 aliphatic carbocycles. The first-order valence-corrected chi connectivity index (χ1v) is 6.05. The van der Waals surface area contributed by atoms with Gasteiger partial charge in [-0.3, -0.25) is 4.79 Å². The standard InChI is InChI=1S/C12H18N4O2/c1-16(2)12-13-6-5-10(15-12)14-9(7-11(17)18)8-3-4-8/h5-6,8-9H,3-4,7H2,1-2H3,(H,17,18)(H,13,14,15). The number of anilines is 2. The number of aromatic nitrogens is 2. The molecular formula is C12H18N4O2. The molecule has 6 heteroatoms. The van der Waals surface area contributed by atoms with E-state index >= 15 is 0 Å². The Hall–Kier alpha value is -1.85. The average molecular weight is 250 g/mol. The maximum absolute atomic E-state index is 10.8. The zero-order chi connectivity index (χ0) is 13.1. The van der Waals surface area contributed by atoms with E-state index in [1.54, 1.807) is 12.3 Å². The Morgan fingerprint density at radius 3 is 2.89 bits per heavy atom. The fourth-order valence-corrected chi connectivity index (χ4v) is 1.86. The van der Waals surface area contributed by atoms with Crippen LogP contribution in [0, 0.1) is 5.92 Å². The number of carboxylic acids is 1. The van der Waals surface area contributed by atoms with Crippen molar-refractivity contribution in [2.45, 2.75) is 25.3 Å². The van der Waals surface area contributed by atoms with Crippen LogP contribution in [0.1, 0.15) is 19.3 Å². The lowest BCUT2D eigenvalue weighted by atomic mass is 10.1. The molecular weight excluding hydrogens is 232 g/mol. The minimum Gasteiger partial charge on any atom is -0.481 e. The molecule has 0 saturated heterocycles. The number of rotatable bonds is 6. The largest absolute Gasteiger partial charge is 0.481 e. The molecule has 0 aromatic carbocycles. The van der Waals surface area contributed by atoms with Crippen LogP contribution in [0.15, 0.2) is 12.3 Å².